The fraction of sp³-hybridized carbons (Fsp3) is 0.636. The summed E-state index contributed by atoms with van der Waals surface area (Å²) in [6.45, 7) is 5.01. The van der Waals surface area contributed by atoms with Crippen molar-refractivity contribution in [2.24, 2.45) is 0 Å². The minimum absolute atomic E-state index is 0.220. The second-order valence-corrected chi connectivity index (χ2v) is 3.47. The summed E-state index contributed by atoms with van der Waals surface area (Å²) in [4.78, 5) is 11.7. The highest BCUT2D eigenvalue weighted by atomic mass is 16.1. The van der Waals surface area contributed by atoms with Crippen LogP contribution >= 0.6 is 0 Å². The monoisotopic (exact) mass is 194 g/mol. The molecule has 1 aromatic rings. The van der Waals surface area contributed by atoms with Gasteiger partial charge in [-0.3, -0.25) is 9.48 Å². The van der Waals surface area contributed by atoms with Gasteiger partial charge in [0.2, 0.25) is 0 Å². The number of rotatable bonds is 6. The number of nitrogens with zero attached hydrogens (tertiary/aromatic N) is 2. The van der Waals surface area contributed by atoms with Crippen molar-refractivity contribution in [3.63, 3.8) is 0 Å². The molecule has 1 aromatic heterocycles. The largest absolute Gasteiger partial charge is 0.292 e. The summed E-state index contributed by atoms with van der Waals surface area (Å²) < 4.78 is 1.80. The topological polar surface area (TPSA) is 34.9 Å². The molecule has 0 fully saturated rings. The van der Waals surface area contributed by atoms with Crippen molar-refractivity contribution in [1.82, 2.24) is 9.78 Å². The van der Waals surface area contributed by atoms with Crippen molar-refractivity contribution in [3.8, 4) is 0 Å². The van der Waals surface area contributed by atoms with E-state index < -0.39 is 0 Å². The summed E-state index contributed by atoms with van der Waals surface area (Å²) in [7, 11) is 0. The van der Waals surface area contributed by atoms with Crippen LogP contribution in [0.2, 0.25) is 0 Å². The molecule has 1 heterocycles. The Hall–Kier alpha value is -1.12. The molecule has 0 saturated carbocycles. The maximum absolute atomic E-state index is 11.7. The van der Waals surface area contributed by atoms with Gasteiger partial charge in [-0.15, -0.1) is 0 Å². The first kappa shape index (κ1) is 11.0. The number of aryl methyl sites for hydroxylation is 1. The van der Waals surface area contributed by atoms with E-state index in [0.29, 0.717) is 6.42 Å². The van der Waals surface area contributed by atoms with Crippen molar-refractivity contribution in [2.45, 2.75) is 46.1 Å². The maximum Gasteiger partial charge on any atom is 0.180 e. The Morgan fingerprint density at radius 2 is 2.21 bits per heavy atom. The van der Waals surface area contributed by atoms with E-state index in [1.165, 1.54) is 0 Å². The van der Waals surface area contributed by atoms with Crippen molar-refractivity contribution in [3.05, 3.63) is 18.0 Å². The van der Waals surface area contributed by atoms with Gasteiger partial charge in [0, 0.05) is 19.2 Å². The molecule has 78 valence electrons. The van der Waals surface area contributed by atoms with Gasteiger partial charge in [-0.2, -0.15) is 5.10 Å². The van der Waals surface area contributed by atoms with Crippen LogP contribution in [0.25, 0.3) is 0 Å². The standard InChI is InChI=1S/C11H18N2O/c1-3-5-6-11(14)10-7-8-12-13(10)9-4-2/h7-8H,3-6,9H2,1-2H3. The molecule has 0 spiro atoms. The first-order valence-electron chi connectivity index (χ1n) is 5.34. The quantitative estimate of drug-likeness (QED) is 0.652. The fourth-order valence-corrected chi connectivity index (χ4v) is 1.42. The second kappa shape index (κ2) is 5.58. The molecular formula is C11H18N2O. The average molecular weight is 194 g/mol. The van der Waals surface area contributed by atoms with Crippen LogP contribution in [0.4, 0.5) is 0 Å². The predicted molar refractivity (Wildman–Crippen MR) is 56.4 cm³/mol. The zero-order chi connectivity index (χ0) is 10.4. The van der Waals surface area contributed by atoms with Crippen LogP contribution in [0.5, 0.6) is 0 Å². The van der Waals surface area contributed by atoms with Crippen molar-refractivity contribution >= 4 is 5.78 Å². The molecule has 0 unspecified atom stereocenters. The molecule has 0 atom stereocenters. The van der Waals surface area contributed by atoms with Gasteiger partial charge in [0.05, 0.1) is 0 Å². The molecule has 0 N–H and O–H groups in total. The smallest absolute Gasteiger partial charge is 0.180 e. The third-order valence-corrected chi connectivity index (χ3v) is 2.20. The number of unbranched alkanes of at least 4 members (excludes halogenated alkanes) is 1. The minimum Gasteiger partial charge on any atom is -0.292 e. The molecule has 0 radical (unpaired) electrons. The Labute approximate surface area is 85.1 Å². The first-order valence-corrected chi connectivity index (χ1v) is 5.34. The predicted octanol–water partition coefficient (Wildman–Crippen LogP) is 2.67. The number of hydrogen-bond acceptors (Lipinski definition) is 2. The SMILES string of the molecule is CCCCC(=O)c1ccnn1CCC. The molecule has 0 bridgehead atoms. The van der Waals surface area contributed by atoms with Crippen LogP contribution in [0.15, 0.2) is 12.3 Å². The summed E-state index contributed by atoms with van der Waals surface area (Å²) >= 11 is 0. The van der Waals surface area contributed by atoms with Gasteiger partial charge in [0.1, 0.15) is 5.69 Å². The van der Waals surface area contributed by atoms with Gasteiger partial charge in [-0.05, 0) is 18.9 Å². The number of hydrogen-bond donors (Lipinski definition) is 0. The van der Waals surface area contributed by atoms with Crippen LogP contribution in [-0.4, -0.2) is 15.6 Å². The highest BCUT2D eigenvalue weighted by molar-refractivity contribution is 5.94. The Kier molecular flexibility index (Phi) is 4.36. The number of carbonyl (C=O) groups is 1. The van der Waals surface area contributed by atoms with Gasteiger partial charge in [0.15, 0.2) is 5.78 Å². The summed E-state index contributed by atoms with van der Waals surface area (Å²) in [5.74, 6) is 0.220. The fourth-order valence-electron chi connectivity index (χ4n) is 1.42. The molecule has 0 saturated heterocycles. The molecule has 0 aliphatic carbocycles. The lowest BCUT2D eigenvalue weighted by Crippen LogP contribution is -2.10. The van der Waals surface area contributed by atoms with E-state index in [4.69, 9.17) is 0 Å². The third-order valence-electron chi connectivity index (χ3n) is 2.20. The Balaban J connectivity index is 2.63. The Morgan fingerprint density at radius 3 is 2.86 bits per heavy atom. The van der Waals surface area contributed by atoms with Crippen molar-refractivity contribution < 1.29 is 4.79 Å². The van der Waals surface area contributed by atoms with E-state index in [-0.39, 0.29) is 5.78 Å². The van der Waals surface area contributed by atoms with E-state index in [1.807, 2.05) is 6.07 Å². The molecule has 0 aliphatic rings. The van der Waals surface area contributed by atoms with Crippen LogP contribution in [0, 0.1) is 0 Å². The van der Waals surface area contributed by atoms with E-state index in [1.54, 1.807) is 10.9 Å². The zero-order valence-corrected chi connectivity index (χ0v) is 8.99. The Morgan fingerprint density at radius 1 is 1.43 bits per heavy atom. The third kappa shape index (κ3) is 2.69. The van der Waals surface area contributed by atoms with Crippen LogP contribution in [-0.2, 0) is 6.54 Å². The molecule has 3 heteroatoms. The van der Waals surface area contributed by atoms with E-state index in [2.05, 4.69) is 18.9 Å². The number of ketones is 1. The molecule has 0 amide bonds. The summed E-state index contributed by atoms with van der Waals surface area (Å²) in [5, 5.41) is 4.13. The zero-order valence-electron chi connectivity index (χ0n) is 8.99. The van der Waals surface area contributed by atoms with Crippen LogP contribution < -0.4 is 0 Å². The molecule has 3 nitrogen and oxygen atoms in total. The van der Waals surface area contributed by atoms with Crippen molar-refractivity contribution in [1.29, 1.82) is 0 Å². The summed E-state index contributed by atoms with van der Waals surface area (Å²) in [5.41, 5.74) is 0.764. The van der Waals surface area contributed by atoms with E-state index in [0.717, 1.165) is 31.5 Å². The van der Waals surface area contributed by atoms with Crippen molar-refractivity contribution in [2.75, 3.05) is 0 Å². The number of aromatic nitrogens is 2. The molecule has 0 aliphatic heterocycles. The summed E-state index contributed by atoms with van der Waals surface area (Å²) in [6.07, 6.45) is 5.39. The normalized spacial score (nSPS) is 10.4. The highest BCUT2D eigenvalue weighted by Crippen LogP contribution is 2.07. The van der Waals surface area contributed by atoms with Gasteiger partial charge >= 0.3 is 0 Å². The molecular weight excluding hydrogens is 176 g/mol. The molecule has 0 aromatic carbocycles. The lowest BCUT2D eigenvalue weighted by atomic mass is 10.1. The second-order valence-electron chi connectivity index (χ2n) is 3.47. The first-order chi connectivity index (χ1) is 6.79. The average Bonchev–Trinajstić information content (AvgIpc) is 2.63. The van der Waals surface area contributed by atoms with E-state index in [9.17, 15) is 4.79 Å². The number of Topliss-reactive ketones (excluding diaryl/α,β-unsaturated/α-hetero) is 1. The lowest BCUT2D eigenvalue weighted by Gasteiger charge is -2.04. The lowest BCUT2D eigenvalue weighted by molar-refractivity contribution is 0.0969. The number of carbonyl (C=O) groups excluding carboxylic acids is 1. The van der Waals surface area contributed by atoms with Crippen LogP contribution in [0.3, 0.4) is 0 Å². The van der Waals surface area contributed by atoms with Gasteiger partial charge in [-0.1, -0.05) is 20.3 Å². The van der Waals surface area contributed by atoms with Gasteiger partial charge in [-0.25, -0.2) is 0 Å². The highest BCUT2D eigenvalue weighted by Gasteiger charge is 2.10. The van der Waals surface area contributed by atoms with Gasteiger partial charge in [0.25, 0.3) is 0 Å². The Bertz CT molecular complexity index is 291. The summed E-state index contributed by atoms with van der Waals surface area (Å²) in [6, 6.07) is 1.81. The minimum atomic E-state index is 0.220. The van der Waals surface area contributed by atoms with Gasteiger partial charge < -0.3 is 0 Å². The maximum atomic E-state index is 11.7. The molecule has 14 heavy (non-hydrogen) atoms. The van der Waals surface area contributed by atoms with E-state index >= 15 is 0 Å². The molecule has 1 rings (SSSR count). The van der Waals surface area contributed by atoms with Crippen LogP contribution in [0.1, 0.15) is 50.0 Å².